The van der Waals surface area contributed by atoms with Crippen molar-refractivity contribution < 1.29 is 9.59 Å². The van der Waals surface area contributed by atoms with E-state index in [-0.39, 0.29) is 17.5 Å². The molecule has 3 aromatic rings. The minimum absolute atomic E-state index is 0.221. The first-order valence-electron chi connectivity index (χ1n) is 9.26. The molecule has 0 unspecified atom stereocenters. The highest BCUT2D eigenvalue weighted by atomic mass is 35.5. The third-order valence-corrected chi connectivity index (χ3v) is 5.41. The zero-order valence-electron chi connectivity index (χ0n) is 15.7. The number of benzene rings is 2. The molecule has 0 aliphatic rings. The van der Waals surface area contributed by atoms with Gasteiger partial charge in [0.05, 0.1) is 0 Å². The number of aryl methyl sites for hydroxylation is 1. The van der Waals surface area contributed by atoms with Crippen molar-refractivity contribution in [2.24, 2.45) is 0 Å². The van der Waals surface area contributed by atoms with Gasteiger partial charge in [0.2, 0.25) is 0 Å². The Morgan fingerprint density at radius 1 is 0.966 bits per heavy atom. The number of thiophene rings is 1. The van der Waals surface area contributed by atoms with Crippen molar-refractivity contribution >= 4 is 40.8 Å². The summed E-state index contributed by atoms with van der Waals surface area (Å²) in [5.41, 5.74) is 1.77. The van der Waals surface area contributed by atoms with E-state index in [9.17, 15) is 9.59 Å². The smallest absolute Gasteiger partial charge is 0.267 e. The van der Waals surface area contributed by atoms with Gasteiger partial charge in [0.25, 0.3) is 11.8 Å². The zero-order chi connectivity index (χ0) is 20.5. The highest BCUT2D eigenvalue weighted by Crippen LogP contribution is 2.16. The van der Waals surface area contributed by atoms with Crippen molar-refractivity contribution in [3.8, 4) is 0 Å². The van der Waals surface area contributed by atoms with E-state index >= 15 is 0 Å². The van der Waals surface area contributed by atoms with Crippen LogP contribution in [0.2, 0.25) is 5.02 Å². The third kappa shape index (κ3) is 6.31. The maximum absolute atomic E-state index is 12.7. The fourth-order valence-electron chi connectivity index (χ4n) is 2.74. The predicted molar refractivity (Wildman–Crippen MR) is 119 cm³/mol. The summed E-state index contributed by atoms with van der Waals surface area (Å²) in [6, 6.07) is 20.3. The Bertz CT molecular complexity index is 985. The minimum atomic E-state index is -0.320. The van der Waals surface area contributed by atoms with Crippen LogP contribution >= 0.6 is 22.9 Å². The maximum Gasteiger partial charge on any atom is 0.267 e. The van der Waals surface area contributed by atoms with Crippen molar-refractivity contribution in [3.05, 3.63) is 98.8 Å². The lowest BCUT2D eigenvalue weighted by molar-refractivity contribution is -0.117. The first kappa shape index (κ1) is 20.8. The van der Waals surface area contributed by atoms with Gasteiger partial charge in [-0.25, -0.2) is 0 Å². The van der Waals surface area contributed by atoms with E-state index < -0.39 is 0 Å². The Labute approximate surface area is 179 Å². The molecule has 2 N–H and O–H groups in total. The van der Waals surface area contributed by atoms with Gasteiger partial charge < -0.3 is 10.6 Å². The summed E-state index contributed by atoms with van der Waals surface area (Å²) in [5, 5.41) is 8.27. The first-order chi connectivity index (χ1) is 14.1. The number of hydrogen-bond acceptors (Lipinski definition) is 3. The van der Waals surface area contributed by atoms with Crippen LogP contribution in [0, 0.1) is 0 Å². The summed E-state index contributed by atoms with van der Waals surface area (Å²) in [5.74, 6) is -0.638. The standard InChI is InChI=1S/C23H21ClN2O2S/c24-20-13-5-4-8-17(20)11-6-14-25-23(28)21(16-19-12-7-15-29-19)26-22(27)18-9-2-1-3-10-18/h1-5,7-10,12-13,15-16H,6,11,14H2,(H,25,28)(H,26,27)/b21-16-. The quantitative estimate of drug-likeness (QED) is 0.398. The molecule has 0 aliphatic heterocycles. The summed E-state index contributed by atoms with van der Waals surface area (Å²) in [6.07, 6.45) is 3.20. The molecule has 0 bridgehead atoms. The Balaban J connectivity index is 1.62. The van der Waals surface area contributed by atoms with Crippen molar-refractivity contribution in [2.45, 2.75) is 12.8 Å². The van der Waals surface area contributed by atoms with E-state index in [2.05, 4.69) is 10.6 Å². The summed E-state index contributed by atoms with van der Waals surface area (Å²) >= 11 is 7.66. The van der Waals surface area contributed by atoms with E-state index in [0.29, 0.717) is 12.1 Å². The fourth-order valence-corrected chi connectivity index (χ4v) is 3.62. The van der Waals surface area contributed by atoms with Crippen LogP contribution in [0.25, 0.3) is 6.08 Å². The number of nitrogens with one attached hydrogen (secondary N) is 2. The highest BCUT2D eigenvalue weighted by Gasteiger charge is 2.14. The average molecular weight is 425 g/mol. The lowest BCUT2D eigenvalue weighted by Crippen LogP contribution is -2.35. The fraction of sp³-hybridized carbons (Fsp3) is 0.130. The molecular weight excluding hydrogens is 404 g/mol. The summed E-state index contributed by atoms with van der Waals surface area (Å²) < 4.78 is 0. The van der Waals surface area contributed by atoms with E-state index in [0.717, 1.165) is 28.3 Å². The lowest BCUT2D eigenvalue weighted by atomic mass is 10.1. The Morgan fingerprint density at radius 3 is 2.45 bits per heavy atom. The number of rotatable bonds is 8. The SMILES string of the molecule is O=C(NCCCc1ccccc1Cl)/C(=C/c1cccs1)NC(=O)c1ccccc1. The molecule has 0 saturated carbocycles. The molecule has 0 aliphatic carbocycles. The van der Waals surface area contributed by atoms with Crippen LogP contribution in [0.15, 0.2) is 77.8 Å². The van der Waals surface area contributed by atoms with Crippen LogP contribution in [0.1, 0.15) is 27.2 Å². The molecular formula is C23H21ClN2O2S. The number of hydrogen-bond donors (Lipinski definition) is 2. The van der Waals surface area contributed by atoms with Gasteiger partial charge >= 0.3 is 0 Å². The van der Waals surface area contributed by atoms with Crippen molar-refractivity contribution in [1.82, 2.24) is 10.6 Å². The van der Waals surface area contributed by atoms with Crippen molar-refractivity contribution in [1.29, 1.82) is 0 Å². The molecule has 29 heavy (non-hydrogen) atoms. The van der Waals surface area contributed by atoms with Gasteiger partial charge in [0.1, 0.15) is 5.70 Å². The second-order valence-corrected chi connectivity index (χ2v) is 7.73. The van der Waals surface area contributed by atoms with Crippen LogP contribution in [0.3, 0.4) is 0 Å². The Kier molecular flexibility index (Phi) is 7.61. The van der Waals surface area contributed by atoms with E-state index in [1.54, 1.807) is 30.3 Å². The van der Waals surface area contributed by atoms with Gasteiger partial charge in [-0.2, -0.15) is 0 Å². The molecule has 2 aromatic carbocycles. The molecule has 6 heteroatoms. The Hall–Kier alpha value is -2.89. The second-order valence-electron chi connectivity index (χ2n) is 6.34. The van der Waals surface area contributed by atoms with Gasteiger partial charge in [0.15, 0.2) is 0 Å². The molecule has 2 amide bonds. The molecule has 0 spiro atoms. The summed E-state index contributed by atoms with van der Waals surface area (Å²) in [4.78, 5) is 26.1. The lowest BCUT2D eigenvalue weighted by Gasteiger charge is -2.11. The van der Waals surface area contributed by atoms with Gasteiger partial charge in [-0.1, -0.05) is 54.1 Å². The van der Waals surface area contributed by atoms with Crippen molar-refractivity contribution in [3.63, 3.8) is 0 Å². The molecule has 1 heterocycles. The van der Waals surface area contributed by atoms with E-state index in [4.69, 9.17) is 11.6 Å². The van der Waals surface area contributed by atoms with Crippen LogP contribution in [-0.4, -0.2) is 18.4 Å². The van der Waals surface area contributed by atoms with E-state index in [1.807, 2.05) is 47.8 Å². The summed E-state index contributed by atoms with van der Waals surface area (Å²) in [6.45, 7) is 0.479. The number of amides is 2. The van der Waals surface area contributed by atoms with Crippen molar-refractivity contribution in [2.75, 3.05) is 6.54 Å². The minimum Gasteiger partial charge on any atom is -0.351 e. The van der Waals surface area contributed by atoms with Gasteiger partial charge in [-0.3, -0.25) is 9.59 Å². The van der Waals surface area contributed by atoms with Gasteiger partial charge in [0, 0.05) is 22.0 Å². The first-order valence-corrected chi connectivity index (χ1v) is 10.5. The normalized spacial score (nSPS) is 11.1. The van der Waals surface area contributed by atoms with Crippen LogP contribution in [0.5, 0.6) is 0 Å². The molecule has 1 aromatic heterocycles. The third-order valence-electron chi connectivity index (χ3n) is 4.22. The van der Waals surface area contributed by atoms with E-state index in [1.165, 1.54) is 11.3 Å². The van der Waals surface area contributed by atoms with Crippen LogP contribution in [-0.2, 0) is 11.2 Å². The van der Waals surface area contributed by atoms with Gasteiger partial charge in [-0.15, -0.1) is 11.3 Å². The summed E-state index contributed by atoms with van der Waals surface area (Å²) in [7, 11) is 0. The predicted octanol–water partition coefficient (Wildman–Crippen LogP) is 4.92. The zero-order valence-corrected chi connectivity index (χ0v) is 17.3. The average Bonchev–Trinajstić information content (AvgIpc) is 3.25. The monoisotopic (exact) mass is 424 g/mol. The molecule has 0 radical (unpaired) electrons. The molecule has 0 fully saturated rings. The maximum atomic E-state index is 12.7. The Morgan fingerprint density at radius 2 is 1.72 bits per heavy atom. The van der Waals surface area contributed by atoms with Crippen LogP contribution < -0.4 is 10.6 Å². The van der Waals surface area contributed by atoms with Gasteiger partial charge in [-0.05, 0) is 54.1 Å². The molecule has 0 atom stereocenters. The molecule has 0 saturated heterocycles. The number of carbonyl (C=O) groups excluding carboxylic acids is 2. The largest absolute Gasteiger partial charge is 0.351 e. The van der Waals surface area contributed by atoms with Crippen LogP contribution in [0.4, 0.5) is 0 Å². The molecule has 148 valence electrons. The topological polar surface area (TPSA) is 58.2 Å². The second kappa shape index (κ2) is 10.6. The molecule has 3 rings (SSSR count). The number of carbonyl (C=O) groups is 2. The highest BCUT2D eigenvalue weighted by molar-refractivity contribution is 7.10. The number of halogens is 1. The molecule has 4 nitrogen and oxygen atoms in total.